The Hall–Kier alpha value is -1.03. The van der Waals surface area contributed by atoms with Crippen molar-refractivity contribution < 1.29 is 13.2 Å². The fourth-order valence-corrected chi connectivity index (χ4v) is 2.75. The van der Waals surface area contributed by atoms with E-state index in [1.54, 1.807) is 12.1 Å². The molecule has 1 aromatic rings. The second kappa shape index (κ2) is 5.95. The van der Waals surface area contributed by atoms with Gasteiger partial charge in [0.15, 0.2) is 0 Å². The molecular formula is C15H20F3N. The number of alkyl halides is 3. The van der Waals surface area contributed by atoms with E-state index in [1.165, 1.54) is 12.0 Å². The van der Waals surface area contributed by atoms with E-state index >= 15 is 0 Å². The smallest absolute Gasteiger partial charge is 0.303 e. The summed E-state index contributed by atoms with van der Waals surface area (Å²) in [7, 11) is 0. The zero-order valence-corrected chi connectivity index (χ0v) is 11.2. The van der Waals surface area contributed by atoms with Crippen molar-refractivity contribution in [1.82, 2.24) is 4.90 Å². The van der Waals surface area contributed by atoms with E-state index < -0.39 is 12.6 Å². The highest BCUT2D eigenvalue weighted by molar-refractivity contribution is 5.26. The summed E-state index contributed by atoms with van der Waals surface area (Å²) < 4.78 is 36.9. The maximum atomic E-state index is 12.3. The Morgan fingerprint density at radius 3 is 2.47 bits per heavy atom. The molecule has 1 fully saturated rings. The first-order chi connectivity index (χ1) is 8.98. The monoisotopic (exact) mass is 271 g/mol. The molecule has 2 rings (SSSR count). The van der Waals surface area contributed by atoms with Gasteiger partial charge in [-0.15, -0.1) is 0 Å². The third-order valence-corrected chi connectivity index (χ3v) is 3.81. The average molecular weight is 271 g/mol. The zero-order chi connectivity index (χ0) is 13.9. The first kappa shape index (κ1) is 14.4. The lowest BCUT2D eigenvalue weighted by atomic mass is 9.90. The number of rotatable bonds is 3. The summed E-state index contributed by atoms with van der Waals surface area (Å²) in [4.78, 5) is 2.40. The van der Waals surface area contributed by atoms with Crippen LogP contribution in [0.2, 0.25) is 0 Å². The lowest BCUT2D eigenvalue weighted by Gasteiger charge is -2.32. The van der Waals surface area contributed by atoms with Crippen LogP contribution in [0.3, 0.4) is 0 Å². The van der Waals surface area contributed by atoms with Crippen LogP contribution in [-0.4, -0.2) is 30.7 Å². The van der Waals surface area contributed by atoms with Gasteiger partial charge in [0.1, 0.15) is 0 Å². The first-order valence-corrected chi connectivity index (χ1v) is 6.86. The first-order valence-electron chi connectivity index (χ1n) is 6.86. The van der Waals surface area contributed by atoms with Crippen molar-refractivity contribution >= 4 is 0 Å². The Bertz CT molecular complexity index is 397. The van der Waals surface area contributed by atoms with E-state index in [0.29, 0.717) is 11.5 Å². The van der Waals surface area contributed by atoms with Crippen LogP contribution in [0.5, 0.6) is 0 Å². The normalized spacial score (nSPS) is 21.6. The summed E-state index contributed by atoms with van der Waals surface area (Å²) in [5.74, 6) is 0.466. The van der Waals surface area contributed by atoms with Gasteiger partial charge in [-0.1, -0.05) is 31.2 Å². The van der Waals surface area contributed by atoms with Gasteiger partial charge in [0.2, 0.25) is 0 Å². The molecule has 4 heteroatoms. The molecule has 1 aliphatic heterocycles. The fourth-order valence-electron chi connectivity index (χ4n) is 2.75. The Kier molecular flexibility index (Phi) is 4.50. The van der Waals surface area contributed by atoms with Crippen LogP contribution in [0.1, 0.15) is 36.8 Å². The minimum absolute atomic E-state index is 0.347. The molecular weight excluding hydrogens is 251 g/mol. The average Bonchev–Trinajstić information content (AvgIpc) is 2.38. The highest BCUT2D eigenvalue weighted by Gasteiger charge is 2.27. The minimum atomic E-state index is -4.12. The minimum Gasteiger partial charge on any atom is -0.303 e. The summed E-state index contributed by atoms with van der Waals surface area (Å²) in [6.07, 6.45) is -2.65. The van der Waals surface area contributed by atoms with Crippen molar-refractivity contribution in [3.63, 3.8) is 0 Å². The van der Waals surface area contributed by atoms with Crippen LogP contribution < -0.4 is 0 Å². The number of halogens is 3. The molecule has 0 aliphatic carbocycles. The van der Waals surface area contributed by atoms with E-state index in [4.69, 9.17) is 0 Å². The van der Waals surface area contributed by atoms with Crippen molar-refractivity contribution in [2.45, 2.75) is 38.3 Å². The highest BCUT2D eigenvalue weighted by Crippen LogP contribution is 2.28. The van der Waals surface area contributed by atoms with Crippen molar-refractivity contribution in [1.29, 1.82) is 0 Å². The molecule has 1 atom stereocenters. The molecule has 1 heterocycles. The van der Waals surface area contributed by atoms with Crippen LogP contribution in [-0.2, 0) is 6.42 Å². The lowest BCUT2D eigenvalue weighted by Crippen LogP contribution is -2.34. The van der Waals surface area contributed by atoms with Gasteiger partial charge >= 0.3 is 6.18 Å². The van der Waals surface area contributed by atoms with Crippen LogP contribution in [0.25, 0.3) is 0 Å². The van der Waals surface area contributed by atoms with E-state index in [0.717, 1.165) is 26.1 Å². The summed E-state index contributed by atoms with van der Waals surface area (Å²) >= 11 is 0. The summed E-state index contributed by atoms with van der Waals surface area (Å²) in [5, 5.41) is 0. The number of piperidine rings is 1. The molecule has 1 saturated heterocycles. The van der Waals surface area contributed by atoms with Crippen molar-refractivity contribution in [2.75, 3.05) is 19.6 Å². The van der Waals surface area contributed by atoms with Crippen molar-refractivity contribution in [3.8, 4) is 0 Å². The third-order valence-electron chi connectivity index (χ3n) is 3.81. The van der Waals surface area contributed by atoms with E-state index in [1.807, 2.05) is 12.1 Å². The van der Waals surface area contributed by atoms with Gasteiger partial charge < -0.3 is 4.90 Å². The van der Waals surface area contributed by atoms with Gasteiger partial charge in [-0.25, -0.2) is 0 Å². The number of likely N-dealkylation sites (tertiary alicyclic amines) is 1. The van der Waals surface area contributed by atoms with Crippen molar-refractivity contribution in [3.05, 3.63) is 35.4 Å². The van der Waals surface area contributed by atoms with Gasteiger partial charge in [-0.2, -0.15) is 13.2 Å². The second-order valence-electron chi connectivity index (χ2n) is 5.27. The Labute approximate surface area is 112 Å². The summed E-state index contributed by atoms with van der Waals surface area (Å²) in [5.41, 5.74) is 1.52. The van der Waals surface area contributed by atoms with E-state index in [-0.39, 0.29) is 0 Å². The van der Waals surface area contributed by atoms with Gasteiger partial charge in [-0.05, 0) is 43.0 Å². The van der Waals surface area contributed by atoms with Gasteiger partial charge in [0, 0.05) is 6.54 Å². The number of benzene rings is 1. The van der Waals surface area contributed by atoms with Gasteiger partial charge in [0.25, 0.3) is 0 Å². The molecule has 0 N–H and O–H groups in total. The topological polar surface area (TPSA) is 3.24 Å². The number of nitrogens with zero attached hydrogens (tertiary/aromatic N) is 1. The SMILES string of the molecule is CCN1CCCC(c2ccc(CC(F)(F)F)cc2)C1. The third kappa shape index (κ3) is 4.23. The molecule has 0 amide bonds. The lowest BCUT2D eigenvalue weighted by molar-refractivity contribution is -0.127. The van der Waals surface area contributed by atoms with Gasteiger partial charge in [0.05, 0.1) is 6.42 Å². The van der Waals surface area contributed by atoms with Crippen LogP contribution in [0.4, 0.5) is 13.2 Å². The van der Waals surface area contributed by atoms with Crippen LogP contribution >= 0.6 is 0 Å². The molecule has 0 saturated carbocycles. The molecule has 0 bridgehead atoms. The molecule has 0 aromatic heterocycles. The van der Waals surface area contributed by atoms with E-state index in [9.17, 15) is 13.2 Å². The molecule has 19 heavy (non-hydrogen) atoms. The van der Waals surface area contributed by atoms with E-state index in [2.05, 4.69) is 11.8 Å². The highest BCUT2D eigenvalue weighted by atomic mass is 19.4. The van der Waals surface area contributed by atoms with Gasteiger partial charge in [-0.3, -0.25) is 0 Å². The predicted molar refractivity (Wildman–Crippen MR) is 70.3 cm³/mol. The maximum Gasteiger partial charge on any atom is 0.393 e. The molecule has 106 valence electrons. The largest absolute Gasteiger partial charge is 0.393 e. The van der Waals surface area contributed by atoms with Crippen LogP contribution in [0.15, 0.2) is 24.3 Å². The summed E-state index contributed by atoms with van der Waals surface area (Å²) in [6, 6.07) is 6.97. The molecule has 0 radical (unpaired) electrons. The number of hydrogen-bond donors (Lipinski definition) is 0. The second-order valence-corrected chi connectivity index (χ2v) is 5.27. The van der Waals surface area contributed by atoms with Crippen LogP contribution in [0, 0.1) is 0 Å². The molecule has 0 spiro atoms. The standard InChI is InChI=1S/C15H20F3N/c1-2-19-9-3-4-14(11-19)13-7-5-12(6-8-13)10-15(16,17)18/h5-8,14H,2-4,9-11H2,1H3. The molecule has 1 unspecified atom stereocenters. The predicted octanol–water partition coefficient (Wildman–Crippen LogP) is 3.99. The number of hydrogen-bond acceptors (Lipinski definition) is 1. The zero-order valence-electron chi connectivity index (χ0n) is 11.2. The van der Waals surface area contributed by atoms with Crippen molar-refractivity contribution in [2.24, 2.45) is 0 Å². The molecule has 1 aromatic carbocycles. The Morgan fingerprint density at radius 1 is 1.21 bits per heavy atom. The quantitative estimate of drug-likeness (QED) is 0.803. The Morgan fingerprint density at radius 2 is 1.89 bits per heavy atom. The molecule has 1 aliphatic rings. The molecule has 1 nitrogen and oxygen atoms in total. The fraction of sp³-hybridized carbons (Fsp3) is 0.600. The Balaban J connectivity index is 2.01. The number of likely N-dealkylation sites (N-methyl/N-ethyl adjacent to an activating group) is 1. The maximum absolute atomic E-state index is 12.3. The summed E-state index contributed by atoms with van der Waals surface area (Å²) in [6.45, 7) is 5.35.